The van der Waals surface area contributed by atoms with Crippen LogP contribution in [-0.4, -0.2) is 66.8 Å². The van der Waals surface area contributed by atoms with Crippen LogP contribution in [0.1, 0.15) is 39.4 Å². The van der Waals surface area contributed by atoms with Gasteiger partial charge in [0, 0.05) is 52.1 Å². The summed E-state index contributed by atoms with van der Waals surface area (Å²) in [4.78, 5) is 21.1. The van der Waals surface area contributed by atoms with E-state index in [0.29, 0.717) is 6.54 Å². The molecule has 0 bridgehead atoms. The summed E-state index contributed by atoms with van der Waals surface area (Å²) in [5.74, 6) is 0. The van der Waals surface area contributed by atoms with Crippen molar-refractivity contribution in [3.63, 3.8) is 0 Å². The van der Waals surface area contributed by atoms with Gasteiger partial charge in [-0.3, -0.25) is 9.88 Å². The standard InChI is InChI=1S/C19H32N4O2/c1-15(16-8-6-7-9-20-16)22-10-12-23(13-11-22)18(24)21-14-17(25-5)19(2,3)4/h6-9,15,17H,10-14H2,1-5H3,(H,21,24)/t15-,17+/m0/s1. The van der Waals surface area contributed by atoms with Crippen molar-refractivity contribution in [3.05, 3.63) is 30.1 Å². The number of piperazine rings is 1. The summed E-state index contributed by atoms with van der Waals surface area (Å²) in [7, 11) is 1.69. The molecule has 1 saturated heterocycles. The zero-order chi connectivity index (χ0) is 18.4. The Morgan fingerprint density at radius 1 is 1.28 bits per heavy atom. The van der Waals surface area contributed by atoms with Crippen molar-refractivity contribution in [2.45, 2.75) is 39.8 Å². The Labute approximate surface area is 151 Å². The first-order valence-electron chi connectivity index (χ1n) is 9.03. The summed E-state index contributed by atoms with van der Waals surface area (Å²) in [5, 5.41) is 3.02. The Morgan fingerprint density at radius 2 is 1.96 bits per heavy atom. The molecule has 25 heavy (non-hydrogen) atoms. The number of pyridine rings is 1. The highest BCUT2D eigenvalue weighted by Crippen LogP contribution is 2.21. The van der Waals surface area contributed by atoms with Gasteiger partial charge in [-0.15, -0.1) is 0 Å². The Hall–Kier alpha value is -1.66. The van der Waals surface area contributed by atoms with Crippen molar-refractivity contribution in [1.29, 1.82) is 0 Å². The molecule has 0 unspecified atom stereocenters. The fourth-order valence-corrected chi connectivity index (χ4v) is 3.16. The van der Waals surface area contributed by atoms with Crippen molar-refractivity contribution in [3.8, 4) is 0 Å². The minimum Gasteiger partial charge on any atom is -0.379 e. The van der Waals surface area contributed by atoms with Gasteiger partial charge >= 0.3 is 6.03 Å². The average Bonchev–Trinajstić information content (AvgIpc) is 2.61. The van der Waals surface area contributed by atoms with Crippen LogP contribution in [-0.2, 0) is 4.74 Å². The number of amides is 2. The second kappa shape index (κ2) is 8.63. The Balaban J connectivity index is 1.80. The lowest BCUT2D eigenvalue weighted by Crippen LogP contribution is -2.53. The second-order valence-electron chi connectivity index (χ2n) is 7.73. The maximum Gasteiger partial charge on any atom is 0.317 e. The molecule has 2 heterocycles. The number of urea groups is 1. The van der Waals surface area contributed by atoms with Crippen molar-refractivity contribution in [2.75, 3.05) is 39.8 Å². The maximum atomic E-state index is 12.4. The van der Waals surface area contributed by atoms with Gasteiger partial charge in [-0.25, -0.2) is 4.79 Å². The fourth-order valence-electron chi connectivity index (χ4n) is 3.16. The summed E-state index contributed by atoms with van der Waals surface area (Å²) in [6, 6.07) is 6.27. The first kappa shape index (κ1) is 19.7. The van der Waals surface area contributed by atoms with Gasteiger partial charge in [0.1, 0.15) is 0 Å². The first-order chi connectivity index (χ1) is 11.8. The van der Waals surface area contributed by atoms with Gasteiger partial charge in [0.2, 0.25) is 0 Å². The molecule has 0 aliphatic carbocycles. The van der Waals surface area contributed by atoms with Crippen molar-refractivity contribution in [1.82, 2.24) is 20.1 Å². The highest BCUT2D eigenvalue weighted by atomic mass is 16.5. The Bertz CT molecular complexity index is 536. The molecule has 6 nitrogen and oxygen atoms in total. The van der Waals surface area contributed by atoms with Gasteiger partial charge in [-0.1, -0.05) is 26.8 Å². The number of methoxy groups -OCH3 is 1. The van der Waals surface area contributed by atoms with Gasteiger partial charge in [-0.05, 0) is 24.5 Å². The Morgan fingerprint density at radius 3 is 2.48 bits per heavy atom. The van der Waals surface area contributed by atoms with Crippen molar-refractivity contribution < 1.29 is 9.53 Å². The number of rotatable bonds is 5. The molecule has 0 spiro atoms. The van der Waals surface area contributed by atoms with Crippen LogP contribution in [0.5, 0.6) is 0 Å². The topological polar surface area (TPSA) is 57.7 Å². The smallest absolute Gasteiger partial charge is 0.317 e. The van der Waals surface area contributed by atoms with Gasteiger partial charge in [-0.2, -0.15) is 0 Å². The van der Waals surface area contributed by atoms with Gasteiger partial charge in [0.05, 0.1) is 11.8 Å². The van der Waals surface area contributed by atoms with Crippen LogP contribution in [0, 0.1) is 5.41 Å². The van der Waals surface area contributed by atoms with Crippen molar-refractivity contribution in [2.24, 2.45) is 5.41 Å². The van der Waals surface area contributed by atoms with Gasteiger partial charge in [0.25, 0.3) is 0 Å². The molecule has 1 aromatic rings. The lowest BCUT2D eigenvalue weighted by atomic mass is 9.89. The Kier molecular flexibility index (Phi) is 6.79. The molecule has 140 valence electrons. The zero-order valence-corrected chi connectivity index (χ0v) is 16.2. The summed E-state index contributed by atoms with van der Waals surface area (Å²) in [5.41, 5.74) is 1.08. The van der Waals surface area contributed by atoms with E-state index in [4.69, 9.17) is 4.74 Å². The van der Waals surface area contributed by atoms with Gasteiger partial charge in [0.15, 0.2) is 0 Å². The summed E-state index contributed by atoms with van der Waals surface area (Å²) in [6.45, 7) is 12.2. The van der Waals surface area contributed by atoms with E-state index in [1.165, 1.54) is 0 Å². The molecule has 0 aromatic carbocycles. The van der Waals surface area contributed by atoms with Gasteiger partial charge < -0.3 is 15.0 Å². The molecule has 1 N–H and O–H groups in total. The largest absolute Gasteiger partial charge is 0.379 e. The lowest BCUT2D eigenvalue weighted by Gasteiger charge is -2.38. The van der Waals surface area contributed by atoms with Crippen molar-refractivity contribution >= 4 is 6.03 Å². The van der Waals surface area contributed by atoms with E-state index in [-0.39, 0.29) is 23.6 Å². The number of carbonyl (C=O) groups excluding carboxylic acids is 1. The molecule has 2 atom stereocenters. The normalized spacial score (nSPS) is 18.7. The molecule has 6 heteroatoms. The molecular formula is C19H32N4O2. The number of hydrogen-bond donors (Lipinski definition) is 1. The van der Waals surface area contributed by atoms with Crippen LogP contribution >= 0.6 is 0 Å². The van der Waals surface area contributed by atoms with Crippen LogP contribution in [0.15, 0.2) is 24.4 Å². The monoisotopic (exact) mass is 348 g/mol. The highest BCUT2D eigenvalue weighted by molar-refractivity contribution is 5.74. The number of aromatic nitrogens is 1. The summed E-state index contributed by atoms with van der Waals surface area (Å²) < 4.78 is 5.50. The molecule has 2 rings (SSSR count). The summed E-state index contributed by atoms with van der Waals surface area (Å²) >= 11 is 0. The number of nitrogens with zero attached hydrogens (tertiary/aromatic N) is 3. The molecule has 0 radical (unpaired) electrons. The number of nitrogens with one attached hydrogen (secondary N) is 1. The highest BCUT2D eigenvalue weighted by Gasteiger charge is 2.28. The minimum absolute atomic E-state index is 0.00115. The predicted molar refractivity (Wildman–Crippen MR) is 99.4 cm³/mol. The van der Waals surface area contributed by atoms with E-state index < -0.39 is 0 Å². The molecule has 0 saturated carbocycles. The molecule has 2 amide bonds. The second-order valence-corrected chi connectivity index (χ2v) is 7.73. The lowest BCUT2D eigenvalue weighted by molar-refractivity contribution is 0.0179. The number of carbonyl (C=O) groups is 1. The zero-order valence-electron chi connectivity index (χ0n) is 16.2. The van der Waals surface area contributed by atoms with E-state index in [1.807, 2.05) is 23.2 Å². The van der Waals surface area contributed by atoms with E-state index in [1.54, 1.807) is 7.11 Å². The third-order valence-electron chi connectivity index (χ3n) is 4.95. The SMILES string of the molecule is CO[C@H](CNC(=O)N1CCN([C@@H](C)c2ccccn2)CC1)C(C)(C)C. The first-order valence-corrected chi connectivity index (χ1v) is 9.03. The average molecular weight is 348 g/mol. The quantitative estimate of drug-likeness (QED) is 0.888. The minimum atomic E-state index is -0.00330. The predicted octanol–water partition coefficient (Wildman–Crippen LogP) is 2.53. The molecule has 1 aliphatic heterocycles. The molecule has 1 fully saturated rings. The third kappa shape index (κ3) is 5.41. The number of ether oxygens (including phenoxy) is 1. The van der Waals surface area contributed by atoms with E-state index in [9.17, 15) is 4.79 Å². The molecular weight excluding hydrogens is 316 g/mol. The molecule has 1 aliphatic rings. The third-order valence-corrected chi connectivity index (χ3v) is 4.95. The summed E-state index contributed by atoms with van der Waals surface area (Å²) in [6.07, 6.45) is 1.83. The number of hydrogen-bond acceptors (Lipinski definition) is 4. The van der Waals surface area contributed by atoms with Crippen LogP contribution in [0.2, 0.25) is 0 Å². The van der Waals surface area contributed by atoms with E-state index >= 15 is 0 Å². The van der Waals surface area contributed by atoms with Crippen LogP contribution < -0.4 is 5.32 Å². The molecule has 1 aromatic heterocycles. The van der Waals surface area contributed by atoms with Crippen LogP contribution in [0.3, 0.4) is 0 Å². The van der Waals surface area contributed by atoms with Crippen LogP contribution in [0.4, 0.5) is 4.79 Å². The van der Waals surface area contributed by atoms with E-state index in [2.05, 4.69) is 49.0 Å². The fraction of sp³-hybridized carbons (Fsp3) is 0.684. The van der Waals surface area contributed by atoms with E-state index in [0.717, 1.165) is 31.9 Å². The van der Waals surface area contributed by atoms with Crippen LogP contribution in [0.25, 0.3) is 0 Å². The maximum absolute atomic E-state index is 12.4.